The largest absolute Gasteiger partial charge is 0.306 e. The average molecular weight is 225 g/mol. The average Bonchev–Trinajstić information content (AvgIpc) is 2.77. The first-order chi connectivity index (χ1) is 7.24. The van der Waals surface area contributed by atoms with Gasteiger partial charge in [-0.1, -0.05) is 0 Å². The molecule has 0 unspecified atom stereocenters. The van der Waals surface area contributed by atoms with Gasteiger partial charge in [-0.15, -0.1) is 11.3 Å². The second kappa shape index (κ2) is 5.05. The van der Waals surface area contributed by atoms with Crippen molar-refractivity contribution in [3.8, 4) is 0 Å². The molecule has 0 N–H and O–H groups in total. The van der Waals surface area contributed by atoms with Crippen LogP contribution in [-0.2, 0) is 6.54 Å². The van der Waals surface area contributed by atoms with Gasteiger partial charge in [0.1, 0.15) is 0 Å². The Bertz CT molecular complexity index is 286. The van der Waals surface area contributed by atoms with Crippen LogP contribution in [0.25, 0.3) is 0 Å². The van der Waals surface area contributed by atoms with Crippen LogP contribution in [0.1, 0.15) is 11.3 Å². The summed E-state index contributed by atoms with van der Waals surface area (Å²) in [6.07, 6.45) is 3.32. The first kappa shape index (κ1) is 11.0. The van der Waals surface area contributed by atoms with Crippen LogP contribution in [0, 0.1) is 5.92 Å². The summed E-state index contributed by atoms with van der Waals surface area (Å²) in [5.74, 6) is 0.855. The van der Waals surface area contributed by atoms with Crippen molar-refractivity contribution in [1.29, 1.82) is 0 Å². The van der Waals surface area contributed by atoms with Crippen molar-refractivity contribution in [2.24, 2.45) is 5.92 Å². The minimum atomic E-state index is 0.855. The van der Waals surface area contributed by atoms with Crippen LogP contribution in [0.15, 0.2) is 11.7 Å². The van der Waals surface area contributed by atoms with Gasteiger partial charge in [0.2, 0.25) is 0 Å². The van der Waals surface area contributed by atoms with Crippen LogP contribution in [0.3, 0.4) is 0 Å². The van der Waals surface area contributed by atoms with E-state index in [-0.39, 0.29) is 0 Å². The number of likely N-dealkylation sites (tertiary alicyclic amines) is 1. The Balaban J connectivity index is 1.75. The maximum Gasteiger partial charge on any atom is 0.0794 e. The number of nitrogens with zero attached hydrogens (tertiary/aromatic N) is 3. The molecule has 1 fully saturated rings. The lowest BCUT2D eigenvalue weighted by Crippen LogP contribution is -2.26. The third-order valence-corrected chi connectivity index (χ3v) is 3.73. The normalized spacial score (nSPS) is 22.7. The molecule has 0 saturated carbocycles. The van der Waals surface area contributed by atoms with E-state index in [0.717, 1.165) is 12.5 Å². The summed E-state index contributed by atoms with van der Waals surface area (Å²) in [6.45, 7) is 4.78. The van der Waals surface area contributed by atoms with Crippen LogP contribution in [0.5, 0.6) is 0 Å². The molecule has 0 spiro atoms. The predicted octanol–water partition coefficient (Wildman–Crippen LogP) is 1.53. The first-order valence-electron chi connectivity index (χ1n) is 5.48. The Hall–Kier alpha value is -0.450. The Labute approximate surface area is 95.7 Å². The molecule has 1 aromatic rings. The summed E-state index contributed by atoms with van der Waals surface area (Å²) in [5, 5.41) is 0. The van der Waals surface area contributed by atoms with Crippen molar-refractivity contribution < 1.29 is 0 Å². The Morgan fingerprint density at radius 2 is 2.53 bits per heavy atom. The Morgan fingerprint density at radius 1 is 1.67 bits per heavy atom. The molecule has 2 heterocycles. The van der Waals surface area contributed by atoms with Gasteiger partial charge in [-0.2, -0.15) is 0 Å². The maximum absolute atomic E-state index is 4.10. The van der Waals surface area contributed by atoms with Gasteiger partial charge < -0.3 is 9.80 Å². The van der Waals surface area contributed by atoms with E-state index in [0.29, 0.717) is 0 Å². The van der Waals surface area contributed by atoms with E-state index >= 15 is 0 Å². The van der Waals surface area contributed by atoms with E-state index in [1.54, 1.807) is 11.3 Å². The highest BCUT2D eigenvalue weighted by Gasteiger charge is 2.20. The fraction of sp³-hybridized carbons (Fsp3) is 0.727. The molecule has 0 aromatic carbocycles. The molecule has 1 aliphatic heterocycles. The zero-order valence-electron chi connectivity index (χ0n) is 9.52. The van der Waals surface area contributed by atoms with E-state index in [1.165, 1.54) is 30.9 Å². The second-order valence-electron chi connectivity index (χ2n) is 4.58. The summed E-state index contributed by atoms with van der Waals surface area (Å²) in [6, 6.07) is 0. The highest BCUT2D eigenvalue weighted by molar-refractivity contribution is 7.09. The van der Waals surface area contributed by atoms with Gasteiger partial charge in [-0.25, -0.2) is 0 Å². The van der Waals surface area contributed by atoms with E-state index < -0.39 is 0 Å². The van der Waals surface area contributed by atoms with E-state index in [9.17, 15) is 0 Å². The molecule has 1 aliphatic rings. The van der Waals surface area contributed by atoms with Crippen LogP contribution < -0.4 is 0 Å². The first-order valence-corrected chi connectivity index (χ1v) is 6.36. The van der Waals surface area contributed by atoms with Gasteiger partial charge in [-0.05, 0) is 33.0 Å². The van der Waals surface area contributed by atoms with Gasteiger partial charge in [-0.3, -0.25) is 4.98 Å². The van der Waals surface area contributed by atoms with E-state index in [2.05, 4.69) is 28.9 Å². The quantitative estimate of drug-likeness (QED) is 0.774. The van der Waals surface area contributed by atoms with E-state index in [4.69, 9.17) is 0 Å². The highest BCUT2D eigenvalue weighted by Crippen LogP contribution is 2.16. The summed E-state index contributed by atoms with van der Waals surface area (Å²) >= 11 is 1.75. The molecular weight excluding hydrogens is 206 g/mol. The minimum Gasteiger partial charge on any atom is -0.306 e. The molecular formula is C11H19N3S. The number of hydrogen-bond donors (Lipinski definition) is 0. The number of thiazole rings is 1. The van der Waals surface area contributed by atoms with Crippen molar-refractivity contribution >= 4 is 11.3 Å². The molecule has 1 saturated heterocycles. The zero-order chi connectivity index (χ0) is 10.7. The number of aromatic nitrogens is 1. The summed E-state index contributed by atoms with van der Waals surface area (Å²) < 4.78 is 0. The van der Waals surface area contributed by atoms with Crippen molar-refractivity contribution in [2.75, 3.05) is 33.7 Å². The molecule has 0 amide bonds. The lowest BCUT2D eigenvalue weighted by Gasteiger charge is -2.19. The van der Waals surface area contributed by atoms with Gasteiger partial charge in [0.15, 0.2) is 0 Å². The SMILES string of the molecule is CN1CC[C@@H](CN(C)Cc2cncs2)C1. The fourth-order valence-electron chi connectivity index (χ4n) is 2.27. The Morgan fingerprint density at radius 3 is 3.13 bits per heavy atom. The summed E-state index contributed by atoms with van der Waals surface area (Å²) in [5.41, 5.74) is 1.91. The zero-order valence-corrected chi connectivity index (χ0v) is 10.3. The van der Waals surface area contributed by atoms with Crippen molar-refractivity contribution in [3.63, 3.8) is 0 Å². The third kappa shape index (κ3) is 3.26. The van der Waals surface area contributed by atoms with Gasteiger partial charge in [0, 0.05) is 30.7 Å². The predicted molar refractivity (Wildman–Crippen MR) is 64.1 cm³/mol. The number of hydrogen-bond acceptors (Lipinski definition) is 4. The number of rotatable bonds is 4. The fourth-order valence-corrected chi connectivity index (χ4v) is 2.94. The minimum absolute atomic E-state index is 0.855. The van der Waals surface area contributed by atoms with Crippen LogP contribution in [-0.4, -0.2) is 48.5 Å². The molecule has 4 heteroatoms. The standard InChI is InChI=1S/C11H19N3S/c1-13-4-3-10(6-13)7-14(2)8-11-5-12-9-15-11/h5,9-10H,3-4,6-8H2,1-2H3/t10-/m1/s1. The maximum atomic E-state index is 4.10. The molecule has 0 aliphatic carbocycles. The molecule has 0 radical (unpaired) electrons. The topological polar surface area (TPSA) is 19.4 Å². The molecule has 1 aromatic heterocycles. The van der Waals surface area contributed by atoms with Crippen molar-refractivity contribution in [1.82, 2.24) is 14.8 Å². The summed E-state index contributed by atoms with van der Waals surface area (Å²) in [7, 11) is 4.42. The highest BCUT2D eigenvalue weighted by atomic mass is 32.1. The lowest BCUT2D eigenvalue weighted by molar-refractivity contribution is 0.269. The lowest BCUT2D eigenvalue weighted by atomic mass is 10.1. The van der Waals surface area contributed by atoms with Gasteiger partial charge >= 0.3 is 0 Å². The molecule has 3 nitrogen and oxygen atoms in total. The molecule has 2 rings (SSSR count). The van der Waals surface area contributed by atoms with Crippen LogP contribution >= 0.6 is 11.3 Å². The second-order valence-corrected chi connectivity index (χ2v) is 5.55. The molecule has 15 heavy (non-hydrogen) atoms. The van der Waals surface area contributed by atoms with Gasteiger partial charge in [0.25, 0.3) is 0 Å². The van der Waals surface area contributed by atoms with Crippen LogP contribution in [0.2, 0.25) is 0 Å². The van der Waals surface area contributed by atoms with E-state index in [1.807, 2.05) is 11.7 Å². The molecule has 1 atom stereocenters. The van der Waals surface area contributed by atoms with Crippen LogP contribution in [0.4, 0.5) is 0 Å². The van der Waals surface area contributed by atoms with Crippen molar-refractivity contribution in [2.45, 2.75) is 13.0 Å². The smallest absolute Gasteiger partial charge is 0.0794 e. The third-order valence-electron chi connectivity index (χ3n) is 2.97. The Kier molecular flexibility index (Phi) is 3.72. The summed E-state index contributed by atoms with van der Waals surface area (Å²) in [4.78, 5) is 10.3. The molecule has 84 valence electrons. The molecule has 0 bridgehead atoms. The monoisotopic (exact) mass is 225 g/mol. The van der Waals surface area contributed by atoms with Gasteiger partial charge in [0.05, 0.1) is 5.51 Å². The van der Waals surface area contributed by atoms with Crippen molar-refractivity contribution in [3.05, 3.63) is 16.6 Å².